The van der Waals surface area contributed by atoms with E-state index in [1.165, 1.54) is 0 Å². The second-order valence-corrected chi connectivity index (χ2v) is 4.42. The molecule has 0 saturated carbocycles. The van der Waals surface area contributed by atoms with E-state index in [2.05, 4.69) is 0 Å². The van der Waals surface area contributed by atoms with Crippen molar-refractivity contribution in [3.05, 3.63) is 74.5 Å². The van der Waals surface area contributed by atoms with E-state index in [9.17, 15) is 24.1 Å². The van der Waals surface area contributed by atoms with Gasteiger partial charge < -0.3 is 10.2 Å². The Balaban J connectivity index is 0.000000253. The first kappa shape index (κ1) is 18.1. The van der Waals surface area contributed by atoms with Crippen molar-refractivity contribution < 1.29 is 29.1 Å². The van der Waals surface area contributed by atoms with Crippen molar-refractivity contribution in [1.29, 1.82) is 0 Å². The Morgan fingerprint density at radius 1 is 1.09 bits per heavy atom. The Labute approximate surface area is 133 Å². The summed E-state index contributed by atoms with van der Waals surface area (Å²) >= 11 is 5.36. The first-order chi connectivity index (χ1) is 10.7. The van der Waals surface area contributed by atoms with E-state index in [1.807, 2.05) is 0 Å². The van der Waals surface area contributed by atoms with Crippen LogP contribution in [0.1, 0.15) is 20.7 Å². The third-order valence-corrected chi connectivity index (χ3v) is 2.80. The van der Waals surface area contributed by atoms with Crippen LogP contribution in [0, 0.1) is 15.9 Å². The number of carboxylic acid groups (broad SMARTS) is 2. The van der Waals surface area contributed by atoms with Crippen LogP contribution >= 0.6 is 11.6 Å². The van der Waals surface area contributed by atoms with Crippen LogP contribution in [0.4, 0.5) is 10.1 Å². The van der Waals surface area contributed by atoms with Gasteiger partial charge in [-0.1, -0.05) is 29.8 Å². The molecule has 120 valence electrons. The Hall–Kier alpha value is -3.00. The minimum absolute atomic E-state index is 0.331. The number of nitro groups is 1. The molecule has 0 heterocycles. The molecular weight excluding hydrogens is 333 g/mol. The van der Waals surface area contributed by atoms with Crippen LogP contribution in [-0.2, 0) is 0 Å². The second-order valence-electron chi connectivity index (χ2n) is 4.02. The van der Waals surface area contributed by atoms with E-state index in [4.69, 9.17) is 21.8 Å². The number of nitro benzene ring substituents is 1. The molecule has 2 aromatic rings. The summed E-state index contributed by atoms with van der Waals surface area (Å²) in [5.74, 6) is -3.49. The highest BCUT2D eigenvalue weighted by Crippen LogP contribution is 2.25. The zero-order valence-corrected chi connectivity index (χ0v) is 12.0. The molecule has 7 nitrogen and oxygen atoms in total. The first-order valence-corrected chi connectivity index (χ1v) is 6.27. The van der Waals surface area contributed by atoms with Gasteiger partial charge in [0.1, 0.15) is 0 Å². The molecule has 0 bridgehead atoms. The van der Waals surface area contributed by atoms with Crippen molar-refractivity contribution in [1.82, 2.24) is 0 Å². The number of halogens is 2. The third kappa shape index (κ3) is 5.04. The van der Waals surface area contributed by atoms with Gasteiger partial charge in [0, 0.05) is 12.1 Å². The highest BCUT2D eigenvalue weighted by Gasteiger charge is 2.20. The lowest BCUT2D eigenvalue weighted by atomic mass is 10.2. The molecule has 0 radical (unpaired) electrons. The molecule has 0 unspecified atom stereocenters. The normalized spacial score (nSPS) is 9.48. The van der Waals surface area contributed by atoms with Crippen LogP contribution in [0.2, 0.25) is 5.02 Å². The van der Waals surface area contributed by atoms with Gasteiger partial charge in [0.05, 0.1) is 21.1 Å². The molecular formula is C14H9ClFNO6. The lowest BCUT2D eigenvalue weighted by molar-refractivity contribution is -0.387. The van der Waals surface area contributed by atoms with Crippen molar-refractivity contribution in [3.63, 3.8) is 0 Å². The van der Waals surface area contributed by atoms with Gasteiger partial charge in [-0.25, -0.2) is 9.59 Å². The number of nitrogens with zero attached hydrogens (tertiary/aromatic N) is 1. The van der Waals surface area contributed by atoms with E-state index in [0.717, 1.165) is 0 Å². The minimum atomic E-state index is -1.45. The van der Waals surface area contributed by atoms with Crippen LogP contribution in [0.15, 0.2) is 42.5 Å². The number of benzene rings is 2. The number of carbonyl (C=O) groups is 2. The van der Waals surface area contributed by atoms with E-state index in [0.29, 0.717) is 17.7 Å². The summed E-state index contributed by atoms with van der Waals surface area (Å²) in [6.45, 7) is 0. The molecule has 0 fully saturated rings. The van der Waals surface area contributed by atoms with Gasteiger partial charge >= 0.3 is 17.6 Å². The highest BCUT2D eigenvalue weighted by molar-refractivity contribution is 6.33. The topological polar surface area (TPSA) is 118 Å². The minimum Gasteiger partial charge on any atom is -0.478 e. The van der Waals surface area contributed by atoms with E-state index in [1.54, 1.807) is 30.3 Å². The first-order valence-electron chi connectivity index (χ1n) is 5.89. The van der Waals surface area contributed by atoms with Crippen LogP contribution in [0.25, 0.3) is 0 Å². The van der Waals surface area contributed by atoms with Crippen LogP contribution < -0.4 is 0 Å². The van der Waals surface area contributed by atoms with Crippen molar-refractivity contribution in [2.24, 2.45) is 0 Å². The van der Waals surface area contributed by atoms with E-state index < -0.39 is 33.9 Å². The van der Waals surface area contributed by atoms with Crippen LogP contribution in [-0.4, -0.2) is 27.1 Å². The predicted molar refractivity (Wildman–Crippen MR) is 78.4 cm³/mol. The molecule has 0 atom stereocenters. The molecule has 2 aromatic carbocycles. The Bertz CT molecular complexity index is 715. The van der Waals surface area contributed by atoms with Gasteiger partial charge in [0.25, 0.3) is 0 Å². The maximum absolute atomic E-state index is 12.8. The molecule has 0 aliphatic heterocycles. The average molecular weight is 342 g/mol. The van der Waals surface area contributed by atoms with E-state index in [-0.39, 0.29) is 5.02 Å². The maximum atomic E-state index is 12.8. The van der Waals surface area contributed by atoms with E-state index >= 15 is 0 Å². The standard InChI is InChI=1S/C7H3ClFNO4.C7H6O2/c8-4-2-5(9)6(10(13)14)1-3(4)7(11)12;8-7(9)6-4-2-1-3-5-6/h1-2H,(H,11,12);1-5H,(H,8,9). The molecule has 0 aliphatic carbocycles. The fraction of sp³-hybridized carbons (Fsp3) is 0. The fourth-order valence-corrected chi connectivity index (χ4v) is 1.65. The summed E-state index contributed by atoms with van der Waals surface area (Å²) in [5, 5.41) is 26.8. The number of rotatable bonds is 3. The zero-order valence-electron chi connectivity index (χ0n) is 11.3. The smallest absolute Gasteiger partial charge is 0.337 e. The number of aromatic carboxylic acids is 2. The zero-order chi connectivity index (χ0) is 17.6. The lowest BCUT2D eigenvalue weighted by Crippen LogP contribution is -2.01. The molecule has 0 amide bonds. The number of carboxylic acids is 2. The third-order valence-electron chi connectivity index (χ3n) is 2.48. The monoisotopic (exact) mass is 341 g/mol. The molecule has 0 spiro atoms. The summed E-state index contributed by atoms with van der Waals surface area (Å²) in [7, 11) is 0. The lowest BCUT2D eigenvalue weighted by Gasteiger charge is -1.99. The average Bonchev–Trinajstić information content (AvgIpc) is 2.48. The van der Waals surface area contributed by atoms with Crippen LogP contribution in [0.3, 0.4) is 0 Å². The maximum Gasteiger partial charge on any atom is 0.337 e. The quantitative estimate of drug-likeness (QED) is 0.652. The Morgan fingerprint density at radius 3 is 2.04 bits per heavy atom. The summed E-state index contributed by atoms with van der Waals surface area (Å²) in [6, 6.07) is 9.48. The largest absolute Gasteiger partial charge is 0.478 e. The van der Waals surface area contributed by atoms with Crippen molar-refractivity contribution in [2.45, 2.75) is 0 Å². The summed E-state index contributed by atoms with van der Waals surface area (Å²) in [4.78, 5) is 29.9. The van der Waals surface area contributed by atoms with Crippen molar-refractivity contribution in [2.75, 3.05) is 0 Å². The molecule has 0 aromatic heterocycles. The number of hydrogen-bond acceptors (Lipinski definition) is 4. The molecule has 2 rings (SSSR count). The van der Waals surface area contributed by atoms with Gasteiger partial charge in [-0.3, -0.25) is 10.1 Å². The second kappa shape index (κ2) is 7.85. The van der Waals surface area contributed by atoms with Crippen molar-refractivity contribution in [3.8, 4) is 0 Å². The van der Waals surface area contributed by atoms with Gasteiger partial charge in [-0.2, -0.15) is 4.39 Å². The van der Waals surface area contributed by atoms with Gasteiger partial charge in [-0.05, 0) is 12.1 Å². The number of hydrogen-bond donors (Lipinski definition) is 2. The molecule has 0 saturated heterocycles. The van der Waals surface area contributed by atoms with Crippen LogP contribution in [0.5, 0.6) is 0 Å². The van der Waals surface area contributed by atoms with Gasteiger partial charge in [0.15, 0.2) is 0 Å². The summed E-state index contributed by atoms with van der Waals surface area (Å²) in [5.41, 5.74) is -1.08. The predicted octanol–water partition coefficient (Wildman–Crippen LogP) is 3.47. The SMILES string of the molecule is O=C(O)c1cc([N+](=O)[O-])c(F)cc1Cl.O=C(O)c1ccccc1. The molecule has 2 N–H and O–H groups in total. The summed E-state index contributed by atoms with van der Waals surface area (Å²) in [6.07, 6.45) is 0. The Kier molecular flexibility index (Phi) is 6.16. The highest BCUT2D eigenvalue weighted by atomic mass is 35.5. The Morgan fingerprint density at radius 2 is 1.65 bits per heavy atom. The molecule has 0 aliphatic rings. The molecule has 23 heavy (non-hydrogen) atoms. The van der Waals surface area contributed by atoms with Gasteiger partial charge in [0.2, 0.25) is 5.82 Å². The van der Waals surface area contributed by atoms with Crippen molar-refractivity contribution >= 4 is 29.2 Å². The summed E-state index contributed by atoms with van der Waals surface area (Å²) < 4.78 is 12.8. The fourth-order valence-electron chi connectivity index (χ4n) is 1.42. The van der Waals surface area contributed by atoms with Gasteiger partial charge in [-0.15, -0.1) is 0 Å². The molecule has 9 heteroatoms.